The van der Waals surface area contributed by atoms with E-state index in [-0.39, 0.29) is 17.9 Å². The molecule has 0 unspecified atom stereocenters. The van der Waals surface area contributed by atoms with Gasteiger partial charge in [-0.2, -0.15) is 0 Å². The molecule has 1 fully saturated rings. The van der Waals surface area contributed by atoms with E-state index in [1.807, 2.05) is 0 Å². The van der Waals surface area contributed by atoms with Crippen LogP contribution < -0.4 is 9.64 Å². The topological polar surface area (TPSA) is 126 Å². The van der Waals surface area contributed by atoms with Crippen molar-refractivity contribution in [2.24, 2.45) is 0 Å². The number of aliphatic hydroxyl groups excluding tert-OH is 2. The minimum absolute atomic E-state index is 0.0140. The molecule has 0 saturated carbocycles. The molecule has 3 aromatic rings. The number of carbonyl (C=O) groups excluding carboxylic acids is 1. The second kappa shape index (κ2) is 13.0. The molecule has 1 aliphatic heterocycles. The van der Waals surface area contributed by atoms with Crippen molar-refractivity contribution in [2.45, 2.75) is 32.0 Å². The number of benzene rings is 2. The van der Waals surface area contributed by atoms with Gasteiger partial charge in [0.05, 0.1) is 29.8 Å². The number of ether oxygens (including phenoxy) is 2. The Bertz CT molecular complexity index is 1240. The first kappa shape index (κ1) is 27.8. The molecule has 0 spiro atoms. The lowest BCUT2D eigenvalue weighted by molar-refractivity contribution is -0.386. The summed E-state index contributed by atoms with van der Waals surface area (Å²) >= 11 is 1.77. The number of piperazine rings is 1. The van der Waals surface area contributed by atoms with Crippen LogP contribution in [0.25, 0.3) is 10.1 Å². The number of unbranched alkanes of at least 4 members (excludes halogenated alkanes) is 1. The van der Waals surface area contributed by atoms with Gasteiger partial charge < -0.3 is 24.6 Å². The Kier molecular flexibility index (Phi) is 9.51. The van der Waals surface area contributed by atoms with E-state index in [2.05, 4.69) is 44.2 Å². The first-order valence-corrected chi connectivity index (χ1v) is 13.6. The van der Waals surface area contributed by atoms with E-state index in [4.69, 9.17) is 4.74 Å². The van der Waals surface area contributed by atoms with Crippen molar-refractivity contribution in [1.29, 1.82) is 0 Å². The average Bonchev–Trinajstić information content (AvgIpc) is 3.42. The molecule has 11 heteroatoms. The Morgan fingerprint density at radius 1 is 1.13 bits per heavy atom. The van der Waals surface area contributed by atoms with Crippen LogP contribution in [0, 0.1) is 10.1 Å². The van der Waals surface area contributed by atoms with Gasteiger partial charge in [0, 0.05) is 42.0 Å². The summed E-state index contributed by atoms with van der Waals surface area (Å²) in [6, 6.07) is 12.6. The second-order valence-electron chi connectivity index (χ2n) is 9.11. The number of fused-ring (bicyclic) bond motifs is 1. The molecule has 0 aliphatic carbocycles. The molecule has 1 aliphatic rings. The van der Waals surface area contributed by atoms with Gasteiger partial charge in [-0.3, -0.25) is 15.0 Å². The van der Waals surface area contributed by atoms with Gasteiger partial charge >= 0.3 is 5.97 Å². The van der Waals surface area contributed by atoms with Crippen molar-refractivity contribution in [3.63, 3.8) is 0 Å². The van der Waals surface area contributed by atoms with E-state index in [0.717, 1.165) is 45.6 Å². The highest BCUT2D eigenvalue weighted by Crippen LogP contribution is 2.32. The minimum atomic E-state index is -1.92. The van der Waals surface area contributed by atoms with Gasteiger partial charge in [-0.25, -0.2) is 4.79 Å². The molecule has 2 atom stereocenters. The largest absolute Gasteiger partial charge is 0.493 e. The van der Waals surface area contributed by atoms with Crippen LogP contribution in [0.15, 0.2) is 47.8 Å². The fraction of sp³-hybridized carbons (Fsp3) is 0.444. The quantitative estimate of drug-likeness (QED) is 0.152. The smallest absolute Gasteiger partial charge is 0.338 e. The molecule has 2 heterocycles. The summed E-state index contributed by atoms with van der Waals surface area (Å²) < 4.78 is 11.7. The van der Waals surface area contributed by atoms with Crippen LogP contribution in [0.5, 0.6) is 5.75 Å². The molecule has 38 heavy (non-hydrogen) atoms. The van der Waals surface area contributed by atoms with E-state index in [1.165, 1.54) is 34.0 Å². The van der Waals surface area contributed by atoms with Crippen molar-refractivity contribution in [2.75, 3.05) is 50.8 Å². The van der Waals surface area contributed by atoms with Crippen molar-refractivity contribution in [3.05, 3.63) is 63.5 Å². The molecule has 1 saturated heterocycles. The summed E-state index contributed by atoms with van der Waals surface area (Å²) in [5, 5.41) is 35.3. The van der Waals surface area contributed by atoms with Crippen molar-refractivity contribution in [3.8, 4) is 5.75 Å². The lowest BCUT2D eigenvalue weighted by atomic mass is 10.0. The monoisotopic (exact) mass is 543 g/mol. The number of rotatable bonds is 12. The van der Waals surface area contributed by atoms with Gasteiger partial charge in [-0.05, 0) is 62.0 Å². The van der Waals surface area contributed by atoms with Crippen molar-refractivity contribution >= 4 is 38.8 Å². The van der Waals surface area contributed by atoms with E-state index in [9.17, 15) is 25.1 Å². The number of hydrogen-bond acceptors (Lipinski definition) is 10. The third-order valence-electron chi connectivity index (χ3n) is 6.67. The lowest BCUT2D eigenvalue weighted by Gasteiger charge is -2.36. The highest BCUT2D eigenvalue weighted by atomic mass is 32.1. The summed E-state index contributed by atoms with van der Waals surface area (Å²) in [5.74, 6) is -0.759. The highest BCUT2D eigenvalue weighted by Gasteiger charge is 2.32. The SMILES string of the molecule is CCOC(=O)[C@@H](O)[C@H](O)c1ccc(OCCCCN2CCN(c3cccc4sccc34)CC2)cc1[N+](=O)[O-]. The molecule has 204 valence electrons. The summed E-state index contributed by atoms with van der Waals surface area (Å²) in [4.78, 5) is 27.5. The highest BCUT2D eigenvalue weighted by molar-refractivity contribution is 7.17. The van der Waals surface area contributed by atoms with Crippen LogP contribution in [0.4, 0.5) is 11.4 Å². The lowest BCUT2D eigenvalue weighted by Crippen LogP contribution is -2.46. The molecular weight excluding hydrogens is 510 g/mol. The minimum Gasteiger partial charge on any atom is -0.493 e. The molecule has 2 N–H and O–H groups in total. The van der Waals surface area contributed by atoms with E-state index >= 15 is 0 Å². The van der Waals surface area contributed by atoms with Crippen LogP contribution in [0.2, 0.25) is 0 Å². The van der Waals surface area contributed by atoms with Crippen molar-refractivity contribution < 1.29 is 29.4 Å². The molecule has 0 radical (unpaired) electrons. The summed E-state index contributed by atoms with van der Waals surface area (Å²) in [7, 11) is 0. The zero-order chi connectivity index (χ0) is 27.1. The van der Waals surface area contributed by atoms with Gasteiger partial charge in [0.1, 0.15) is 11.9 Å². The molecule has 0 amide bonds. The number of carbonyl (C=O) groups is 1. The molecule has 10 nitrogen and oxygen atoms in total. The first-order chi connectivity index (χ1) is 18.4. The summed E-state index contributed by atoms with van der Waals surface area (Å²) in [6.45, 7) is 6.88. The number of nitrogens with zero attached hydrogens (tertiary/aromatic N) is 3. The van der Waals surface area contributed by atoms with Crippen LogP contribution in [-0.2, 0) is 9.53 Å². The Morgan fingerprint density at radius 2 is 1.92 bits per heavy atom. The van der Waals surface area contributed by atoms with Gasteiger partial charge in [-0.15, -0.1) is 11.3 Å². The van der Waals surface area contributed by atoms with Crippen LogP contribution in [0.3, 0.4) is 0 Å². The molecule has 1 aromatic heterocycles. The average molecular weight is 544 g/mol. The predicted octanol–water partition coefficient (Wildman–Crippen LogP) is 3.75. The number of anilines is 1. The Morgan fingerprint density at radius 3 is 2.66 bits per heavy atom. The van der Waals surface area contributed by atoms with Crippen LogP contribution in [0.1, 0.15) is 31.4 Å². The van der Waals surface area contributed by atoms with Gasteiger partial charge in [0.25, 0.3) is 5.69 Å². The van der Waals surface area contributed by atoms with Crippen molar-refractivity contribution in [1.82, 2.24) is 4.90 Å². The Labute approximate surface area is 225 Å². The van der Waals surface area contributed by atoms with E-state index in [1.54, 1.807) is 18.3 Å². The van der Waals surface area contributed by atoms with Crippen LogP contribution >= 0.6 is 11.3 Å². The van der Waals surface area contributed by atoms with Gasteiger partial charge in [0.15, 0.2) is 6.10 Å². The molecule has 2 aromatic carbocycles. The fourth-order valence-corrected chi connectivity index (χ4v) is 5.45. The Hall–Kier alpha value is -3.25. The maximum absolute atomic E-state index is 11.7. The summed E-state index contributed by atoms with van der Waals surface area (Å²) in [5.41, 5.74) is 0.687. The number of nitro groups is 1. The first-order valence-electron chi connectivity index (χ1n) is 12.8. The molecule has 0 bridgehead atoms. The fourth-order valence-electron chi connectivity index (χ4n) is 4.64. The third kappa shape index (κ3) is 6.60. The number of esters is 1. The second-order valence-corrected chi connectivity index (χ2v) is 10.1. The summed E-state index contributed by atoms with van der Waals surface area (Å²) in [6.07, 6.45) is -1.99. The maximum atomic E-state index is 11.7. The van der Waals surface area contributed by atoms with Crippen LogP contribution in [-0.4, -0.2) is 78.0 Å². The third-order valence-corrected chi connectivity index (χ3v) is 7.55. The maximum Gasteiger partial charge on any atom is 0.338 e. The molecular formula is C27H33N3O7S. The zero-order valence-electron chi connectivity index (χ0n) is 21.3. The van der Waals surface area contributed by atoms with E-state index < -0.39 is 28.8 Å². The number of thiophene rings is 1. The predicted molar refractivity (Wildman–Crippen MR) is 146 cm³/mol. The standard InChI is InChI=1S/C27H33N3O7S/c1-2-36-27(33)26(32)25(31)21-9-8-19(18-23(21)30(34)35)37-16-4-3-11-28-12-14-29(15-13-28)22-6-5-7-24-20(22)10-17-38-24/h5-10,17-18,25-26,31-32H,2-4,11-16H2,1H3/t25-,26+/m1/s1. The zero-order valence-corrected chi connectivity index (χ0v) is 22.1. The normalized spacial score (nSPS) is 15.8. The Balaban J connectivity index is 1.22. The number of aliphatic hydroxyl groups is 2. The van der Waals surface area contributed by atoms with Gasteiger partial charge in [0.2, 0.25) is 0 Å². The number of hydrogen-bond donors (Lipinski definition) is 2. The molecule has 4 rings (SSSR count). The van der Waals surface area contributed by atoms with E-state index in [0.29, 0.717) is 6.61 Å². The van der Waals surface area contributed by atoms with Gasteiger partial charge in [-0.1, -0.05) is 6.07 Å². The number of nitro benzene ring substituents is 1.